The van der Waals surface area contributed by atoms with Gasteiger partial charge < -0.3 is 10.1 Å². The van der Waals surface area contributed by atoms with Crippen LogP contribution in [0.1, 0.15) is 29.0 Å². The van der Waals surface area contributed by atoms with Crippen molar-refractivity contribution in [3.05, 3.63) is 95.2 Å². The van der Waals surface area contributed by atoms with Crippen LogP contribution in [0, 0.1) is 5.95 Å². The van der Waals surface area contributed by atoms with Gasteiger partial charge in [-0.2, -0.15) is 4.39 Å². The third-order valence-electron chi connectivity index (χ3n) is 5.05. The summed E-state index contributed by atoms with van der Waals surface area (Å²) < 4.78 is 18.7. The van der Waals surface area contributed by atoms with Crippen molar-refractivity contribution in [1.82, 2.24) is 20.3 Å². The van der Waals surface area contributed by atoms with E-state index in [4.69, 9.17) is 16.3 Å². The largest absolute Gasteiger partial charge is 0.497 e. The van der Waals surface area contributed by atoms with E-state index in [9.17, 15) is 9.18 Å². The molecule has 1 atom stereocenters. The summed E-state index contributed by atoms with van der Waals surface area (Å²) in [6.45, 7) is 1.76. The number of carbonyl (C=O) groups excluding carboxylic acids is 1. The number of carbonyl (C=O) groups is 1. The Morgan fingerprint density at radius 3 is 2.36 bits per heavy atom. The number of nitrogens with zero attached hydrogens (tertiary/aromatic N) is 3. The molecule has 0 fully saturated rings. The van der Waals surface area contributed by atoms with E-state index in [1.54, 1.807) is 50.4 Å². The first-order valence-electron chi connectivity index (χ1n) is 10.1. The highest BCUT2D eigenvalue weighted by molar-refractivity contribution is 6.30. The molecule has 4 aromatic rings. The van der Waals surface area contributed by atoms with Crippen molar-refractivity contribution in [1.29, 1.82) is 0 Å². The molecule has 1 unspecified atom stereocenters. The molecule has 1 N–H and O–H groups in total. The highest BCUT2D eigenvalue weighted by atomic mass is 35.5. The third kappa shape index (κ3) is 5.32. The topological polar surface area (TPSA) is 77.0 Å². The highest BCUT2D eigenvalue weighted by Gasteiger charge is 2.17. The fraction of sp³-hybridized carbons (Fsp3) is 0.120. The lowest BCUT2D eigenvalue weighted by Gasteiger charge is -2.15. The Morgan fingerprint density at radius 2 is 1.70 bits per heavy atom. The van der Waals surface area contributed by atoms with Crippen LogP contribution in [0.4, 0.5) is 4.39 Å². The van der Waals surface area contributed by atoms with Crippen LogP contribution in [0.25, 0.3) is 22.6 Å². The molecule has 166 valence electrons. The summed E-state index contributed by atoms with van der Waals surface area (Å²) in [6, 6.07) is 18.5. The van der Waals surface area contributed by atoms with Gasteiger partial charge >= 0.3 is 0 Å². The Bertz CT molecular complexity index is 1280. The van der Waals surface area contributed by atoms with Gasteiger partial charge in [0.15, 0.2) is 5.82 Å². The van der Waals surface area contributed by atoms with E-state index in [1.165, 1.54) is 12.3 Å². The van der Waals surface area contributed by atoms with Crippen LogP contribution >= 0.6 is 11.6 Å². The van der Waals surface area contributed by atoms with Gasteiger partial charge in [0, 0.05) is 22.3 Å². The van der Waals surface area contributed by atoms with Crippen LogP contribution < -0.4 is 10.1 Å². The Hall–Kier alpha value is -3.84. The maximum absolute atomic E-state index is 13.5. The van der Waals surface area contributed by atoms with Crippen molar-refractivity contribution < 1.29 is 13.9 Å². The lowest BCUT2D eigenvalue weighted by molar-refractivity contribution is 0.0934. The van der Waals surface area contributed by atoms with Crippen molar-refractivity contribution in [2.75, 3.05) is 7.11 Å². The number of ether oxygens (including phenoxy) is 1. The van der Waals surface area contributed by atoms with Gasteiger partial charge in [-0.05, 0) is 67.1 Å². The molecule has 8 heteroatoms. The molecular weight excluding hydrogens is 443 g/mol. The molecule has 0 radical (unpaired) electrons. The Labute approximate surface area is 195 Å². The van der Waals surface area contributed by atoms with Crippen molar-refractivity contribution in [3.8, 4) is 28.4 Å². The molecule has 2 heterocycles. The molecule has 6 nitrogen and oxygen atoms in total. The minimum atomic E-state index is -0.609. The summed E-state index contributed by atoms with van der Waals surface area (Å²) in [5.74, 6) is 0.0661. The minimum Gasteiger partial charge on any atom is -0.497 e. The number of rotatable bonds is 6. The van der Waals surface area contributed by atoms with Crippen LogP contribution in [0.15, 0.2) is 72.9 Å². The number of nitrogens with one attached hydrogen (secondary N) is 1. The first-order chi connectivity index (χ1) is 15.9. The van der Waals surface area contributed by atoms with Crippen LogP contribution in [-0.2, 0) is 0 Å². The van der Waals surface area contributed by atoms with E-state index in [0.717, 1.165) is 11.1 Å². The minimum absolute atomic E-state index is 0.183. The van der Waals surface area contributed by atoms with E-state index >= 15 is 0 Å². The quantitative estimate of drug-likeness (QED) is 0.383. The molecule has 0 saturated heterocycles. The molecule has 33 heavy (non-hydrogen) atoms. The summed E-state index contributed by atoms with van der Waals surface area (Å²) in [4.78, 5) is 25.8. The van der Waals surface area contributed by atoms with E-state index in [0.29, 0.717) is 27.9 Å². The van der Waals surface area contributed by atoms with Crippen molar-refractivity contribution in [3.63, 3.8) is 0 Å². The molecule has 2 aromatic carbocycles. The second-order valence-electron chi connectivity index (χ2n) is 7.30. The lowest BCUT2D eigenvalue weighted by atomic mass is 10.1. The fourth-order valence-corrected chi connectivity index (χ4v) is 3.37. The van der Waals surface area contributed by atoms with Crippen molar-refractivity contribution in [2.45, 2.75) is 13.0 Å². The molecule has 0 saturated carbocycles. The molecule has 4 rings (SSSR count). The number of benzene rings is 2. The second kappa shape index (κ2) is 9.75. The SMILES string of the molecule is COc1ccc(-c2nc(C(=O)NC(C)c3ccnc(F)c3)cc(-c3ccc(Cl)cc3)n2)cc1. The first kappa shape index (κ1) is 22.4. The molecule has 0 aliphatic carbocycles. The van der Waals surface area contributed by atoms with Crippen LogP contribution in [-0.4, -0.2) is 28.0 Å². The van der Waals surface area contributed by atoms with E-state index in [1.807, 2.05) is 24.3 Å². The maximum Gasteiger partial charge on any atom is 0.270 e. The molecule has 0 aliphatic heterocycles. The fourth-order valence-electron chi connectivity index (χ4n) is 3.24. The predicted octanol–water partition coefficient (Wildman–Crippen LogP) is 5.50. The number of aromatic nitrogens is 3. The van der Waals surface area contributed by atoms with Gasteiger partial charge in [0.25, 0.3) is 5.91 Å². The molecule has 1 amide bonds. The van der Waals surface area contributed by atoms with Gasteiger partial charge in [-0.1, -0.05) is 23.7 Å². The predicted molar refractivity (Wildman–Crippen MR) is 125 cm³/mol. The highest BCUT2D eigenvalue weighted by Crippen LogP contribution is 2.25. The average molecular weight is 463 g/mol. The van der Waals surface area contributed by atoms with E-state index in [-0.39, 0.29) is 5.69 Å². The molecule has 0 spiro atoms. The second-order valence-corrected chi connectivity index (χ2v) is 7.74. The number of hydrogen-bond donors (Lipinski definition) is 1. The Balaban J connectivity index is 1.71. The van der Waals surface area contributed by atoms with Gasteiger partial charge in [0.05, 0.1) is 18.8 Å². The zero-order valence-electron chi connectivity index (χ0n) is 17.9. The zero-order chi connectivity index (χ0) is 23.4. The van der Waals surface area contributed by atoms with Gasteiger partial charge in [-0.25, -0.2) is 15.0 Å². The normalized spacial score (nSPS) is 11.6. The maximum atomic E-state index is 13.5. The number of amides is 1. The van der Waals surface area contributed by atoms with Gasteiger partial charge in [-0.3, -0.25) is 4.79 Å². The average Bonchev–Trinajstić information content (AvgIpc) is 2.84. The Morgan fingerprint density at radius 1 is 1.00 bits per heavy atom. The van der Waals surface area contributed by atoms with Crippen LogP contribution in [0.3, 0.4) is 0 Å². The molecular formula is C25H20ClFN4O2. The molecule has 0 bridgehead atoms. The van der Waals surface area contributed by atoms with Gasteiger partial charge in [-0.15, -0.1) is 0 Å². The van der Waals surface area contributed by atoms with Gasteiger partial charge in [0.2, 0.25) is 5.95 Å². The monoisotopic (exact) mass is 462 g/mol. The smallest absolute Gasteiger partial charge is 0.270 e. The van der Waals surface area contributed by atoms with Gasteiger partial charge in [0.1, 0.15) is 11.4 Å². The first-order valence-corrected chi connectivity index (χ1v) is 10.5. The number of hydrogen-bond acceptors (Lipinski definition) is 5. The lowest BCUT2D eigenvalue weighted by Crippen LogP contribution is -2.28. The number of pyridine rings is 1. The summed E-state index contributed by atoms with van der Waals surface area (Å²) in [5.41, 5.74) is 2.86. The van der Waals surface area contributed by atoms with E-state index < -0.39 is 17.9 Å². The standard InChI is InChI=1S/C25H20ClFN4O2/c1-15(18-11-12-28-23(27)13-18)29-25(32)22-14-21(16-3-7-19(26)8-4-16)30-24(31-22)17-5-9-20(33-2)10-6-17/h3-15H,1-2H3,(H,29,32). The summed E-state index contributed by atoms with van der Waals surface area (Å²) >= 11 is 6.02. The van der Waals surface area contributed by atoms with E-state index in [2.05, 4.69) is 20.3 Å². The number of methoxy groups -OCH3 is 1. The summed E-state index contributed by atoms with van der Waals surface area (Å²) in [5, 5.41) is 3.46. The van der Waals surface area contributed by atoms with Crippen molar-refractivity contribution >= 4 is 17.5 Å². The molecule has 0 aliphatic rings. The van der Waals surface area contributed by atoms with Crippen molar-refractivity contribution in [2.24, 2.45) is 0 Å². The Kier molecular flexibility index (Phi) is 6.60. The summed E-state index contributed by atoms with van der Waals surface area (Å²) in [6.07, 6.45) is 1.36. The van der Waals surface area contributed by atoms with Crippen LogP contribution in [0.5, 0.6) is 5.75 Å². The zero-order valence-corrected chi connectivity index (χ0v) is 18.7. The number of halogens is 2. The van der Waals surface area contributed by atoms with Crippen LogP contribution in [0.2, 0.25) is 5.02 Å². The summed E-state index contributed by atoms with van der Waals surface area (Å²) in [7, 11) is 1.59. The third-order valence-corrected chi connectivity index (χ3v) is 5.30. The molecule has 2 aromatic heterocycles.